The highest BCUT2D eigenvalue weighted by Gasteiger charge is 2.35. The van der Waals surface area contributed by atoms with Gasteiger partial charge >= 0.3 is 0 Å². The molecule has 8 heteroatoms. The number of hydrogen-bond acceptors (Lipinski definition) is 3. The normalized spacial score (nSPS) is 15.9. The van der Waals surface area contributed by atoms with E-state index < -0.39 is 5.92 Å². The summed E-state index contributed by atoms with van der Waals surface area (Å²) in [4.78, 5) is 31.6. The van der Waals surface area contributed by atoms with Gasteiger partial charge in [0.2, 0.25) is 5.91 Å². The van der Waals surface area contributed by atoms with Gasteiger partial charge in [0.15, 0.2) is 0 Å². The Morgan fingerprint density at radius 3 is 2.47 bits per heavy atom. The van der Waals surface area contributed by atoms with Gasteiger partial charge in [-0.1, -0.05) is 43.5 Å². The second-order valence-corrected chi connectivity index (χ2v) is 8.12. The molecule has 0 spiro atoms. The van der Waals surface area contributed by atoms with Crippen LogP contribution in [0.2, 0.25) is 5.02 Å². The Labute approximate surface area is 179 Å². The minimum atomic E-state index is -2.72. The van der Waals surface area contributed by atoms with Crippen LogP contribution in [0.25, 0.3) is 11.3 Å². The molecule has 0 atom stereocenters. The van der Waals surface area contributed by atoms with Gasteiger partial charge in [0, 0.05) is 49.0 Å². The molecular weight excluding hydrogens is 412 g/mol. The number of alkyl halides is 2. The molecule has 1 aliphatic heterocycles. The van der Waals surface area contributed by atoms with Crippen molar-refractivity contribution in [3.63, 3.8) is 0 Å². The monoisotopic (exact) mass is 437 g/mol. The van der Waals surface area contributed by atoms with Crippen LogP contribution in [0, 0.1) is 0 Å². The minimum Gasteiger partial charge on any atom is -0.341 e. The number of nitrogens with zero attached hydrogens (tertiary/aromatic N) is 3. The third kappa shape index (κ3) is 5.65. The molecule has 0 unspecified atom stereocenters. The number of amides is 1. The van der Waals surface area contributed by atoms with Crippen LogP contribution in [0.3, 0.4) is 0 Å². The van der Waals surface area contributed by atoms with Gasteiger partial charge in [-0.15, -0.1) is 0 Å². The van der Waals surface area contributed by atoms with Crippen molar-refractivity contribution in [3.05, 3.63) is 51.5 Å². The van der Waals surface area contributed by atoms with Crippen LogP contribution in [0.5, 0.6) is 0 Å². The minimum absolute atomic E-state index is 0.00202. The second kappa shape index (κ2) is 9.69. The van der Waals surface area contributed by atoms with E-state index in [9.17, 15) is 18.4 Å². The number of piperidine rings is 1. The zero-order valence-electron chi connectivity index (χ0n) is 17.0. The van der Waals surface area contributed by atoms with E-state index >= 15 is 0 Å². The van der Waals surface area contributed by atoms with E-state index in [0.717, 1.165) is 24.8 Å². The molecule has 0 radical (unpaired) electrons. The number of likely N-dealkylation sites (tertiary alicyclic amines) is 1. The molecule has 0 N–H and O–H groups in total. The third-order valence-corrected chi connectivity index (χ3v) is 5.62. The van der Waals surface area contributed by atoms with Crippen molar-refractivity contribution >= 4 is 17.5 Å². The van der Waals surface area contributed by atoms with Crippen molar-refractivity contribution in [1.29, 1.82) is 0 Å². The van der Waals surface area contributed by atoms with Crippen molar-refractivity contribution in [3.8, 4) is 11.3 Å². The Morgan fingerprint density at radius 1 is 1.17 bits per heavy atom. The van der Waals surface area contributed by atoms with E-state index in [0.29, 0.717) is 23.0 Å². The molecule has 1 fully saturated rings. The highest BCUT2D eigenvalue weighted by molar-refractivity contribution is 6.30. The third-order valence-electron chi connectivity index (χ3n) is 5.37. The van der Waals surface area contributed by atoms with Gasteiger partial charge in [-0.2, -0.15) is 0 Å². The first kappa shape index (κ1) is 22.4. The van der Waals surface area contributed by atoms with E-state index in [2.05, 4.69) is 11.9 Å². The number of benzene rings is 1. The predicted octanol–water partition coefficient (Wildman–Crippen LogP) is 4.55. The lowest BCUT2D eigenvalue weighted by Crippen LogP contribution is -2.45. The van der Waals surface area contributed by atoms with Gasteiger partial charge in [0.25, 0.3) is 11.5 Å². The van der Waals surface area contributed by atoms with Gasteiger partial charge in [-0.3, -0.25) is 14.2 Å². The Morgan fingerprint density at radius 2 is 1.83 bits per heavy atom. The predicted molar refractivity (Wildman–Crippen MR) is 113 cm³/mol. The zero-order chi connectivity index (χ0) is 21.7. The number of carbonyl (C=O) groups excluding carboxylic acids is 1. The van der Waals surface area contributed by atoms with Gasteiger partial charge in [-0.25, -0.2) is 13.8 Å². The van der Waals surface area contributed by atoms with Crippen LogP contribution in [-0.4, -0.2) is 39.4 Å². The van der Waals surface area contributed by atoms with E-state index in [4.69, 9.17) is 11.6 Å². The summed E-state index contributed by atoms with van der Waals surface area (Å²) in [5.74, 6) is -2.51. The molecule has 1 aromatic heterocycles. The van der Waals surface area contributed by atoms with Gasteiger partial charge in [-0.05, 0) is 18.6 Å². The molecule has 0 aliphatic carbocycles. The fraction of sp³-hybridized carbons (Fsp3) is 0.500. The number of aromatic nitrogens is 2. The highest BCUT2D eigenvalue weighted by atomic mass is 35.5. The standard InChI is InChI=1S/C22H26ClF2N3O2/c1-2-3-4-5-19-26-18(16-6-8-17(23)9-7-16)14-20(29)28(19)15-21(30)27-12-10-22(24,25)11-13-27/h6-9,14H,2-5,10-13,15H2,1H3. The zero-order valence-corrected chi connectivity index (χ0v) is 17.8. The number of unbranched alkanes of at least 4 members (excludes halogenated alkanes) is 2. The maximum atomic E-state index is 13.4. The topological polar surface area (TPSA) is 55.2 Å². The van der Waals surface area contributed by atoms with Crippen molar-refractivity contribution in [1.82, 2.24) is 14.5 Å². The van der Waals surface area contributed by atoms with E-state index in [1.807, 2.05) is 0 Å². The summed E-state index contributed by atoms with van der Waals surface area (Å²) < 4.78 is 28.2. The van der Waals surface area contributed by atoms with Crippen molar-refractivity contribution < 1.29 is 13.6 Å². The fourth-order valence-corrected chi connectivity index (χ4v) is 3.66. The van der Waals surface area contributed by atoms with E-state index in [1.165, 1.54) is 15.5 Å². The van der Waals surface area contributed by atoms with Crippen molar-refractivity contribution in [2.45, 2.75) is 57.9 Å². The largest absolute Gasteiger partial charge is 0.341 e. The van der Waals surface area contributed by atoms with Crippen LogP contribution in [-0.2, 0) is 17.8 Å². The summed E-state index contributed by atoms with van der Waals surface area (Å²) >= 11 is 5.94. The van der Waals surface area contributed by atoms with E-state index in [1.54, 1.807) is 24.3 Å². The number of aryl methyl sites for hydroxylation is 1. The first-order valence-corrected chi connectivity index (χ1v) is 10.7. The molecule has 1 saturated heterocycles. The summed E-state index contributed by atoms with van der Waals surface area (Å²) in [6, 6.07) is 8.46. The SMILES string of the molecule is CCCCCc1nc(-c2ccc(Cl)cc2)cc(=O)n1CC(=O)N1CCC(F)(F)CC1. The summed E-state index contributed by atoms with van der Waals surface area (Å²) in [5, 5.41) is 0.591. The maximum absolute atomic E-state index is 13.4. The number of rotatable bonds is 7. The smallest absolute Gasteiger partial charge is 0.254 e. The quantitative estimate of drug-likeness (QED) is 0.597. The number of hydrogen-bond donors (Lipinski definition) is 0. The molecule has 1 aliphatic rings. The van der Waals surface area contributed by atoms with Gasteiger partial charge < -0.3 is 4.90 Å². The van der Waals surface area contributed by atoms with Gasteiger partial charge in [0.1, 0.15) is 12.4 Å². The highest BCUT2D eigenvalue weighted by Crippen LogP contribution is 2.27. The molecule has 30 heavy (non-hydrogen) atoms. The van der Waals surface area contributed by atoms with Crippen molar-refractivity contribution in [2.24, 2.45) is 0 Å². The first-order chi connectivity index (χ1) is 14.3. The molecule has 162 valence electrons. The second-order valence-electron chi connectivity index (χ2n) is 7.68. The average molecular weight is 438 g/mol. The lowest BCUT2D eigenvalue weighted by atomic mass is 10.1. The molecule has 5 nitrogen and oxygen atoms in total. The number of halogens is 3. The first-order valence-electron chi connectivity index (χ1n) is 10.3. The van der Waals surface area contributed by atoms with Crippen LogP contribution in [0.15, 0.2) is 35.1 Å². The van der Waals surface area contributed by atoms with Gasteiger partial charge in [0.05, 0.1) is 5.69 Å². The average Bonchev–Trinajstić information content (AvgIpc) is 2.70. The van der Waals surface area contributed by atoms with Crippen LogP contribution in [0.4, 0.5) is 8.78 Å². The Balaban J connectivity index is 1.85. The molecule has 1 amide bonds. The molecule has 1 aromatic carbocycles. The van der Waals surface area contributed by atoms with E-state index in [-0.39, 0.29) is 43.9 Å². The Bertz CT molecular complexity index is 934. The maximum Gasteiger partial charge on any atom is 0.254 e. The Hall–Kier alpha value is -2.28. The van der Waals surface area contributed by atoms with Crippen LogP contribution >= 0.6 is 11.6 Å². The summed E-state index contributed by atoms with van der Waals surface area (Å²) in [6.07, 6.45) is 2.72. The van der Waals surface area contributed by atoms with Crippen LogP contribution < -0.4 is 5.56 Å². The summed E-state index contributed by atoms with van der Waals surface area (Å²) in [7, 11) is 0. The lowest BCUT2D eigenvalue weighted by Gasteiger charge is -2.32. The summed E-state index contributed by atoms with van der Waals surface area (Å²) in [5.41, 5.74) is 0.978. The summed E-state index contributed by atoms with van der Waals surface area (Å²) in [6.45, 7) is 1.91. The molecular formula is C22H26ClF2N3O2. The molecule has 2 heterocycles. The van der Waals surface area contributed by atoms with Crippen LogP contribution in [0.1, 0.15) is 44.9 Å². The fourth-order valence-electron chi connectivity index (χ4n) is 3.53. The molecule has 0 bridgehead atoms. The number of carbonyl (C=O) groups is 1. The molecule has 2 aromatic rings. The lowest BCUT2D eigenvalue weighted by molar-refractivity contribution is -0.138. The van der Waals surface area contributed by atoms with Crippen molar-refractivity contribution in [2.75, 3.05) is 13.1 Å². The molecule has 0 saturated carbocycles. The Kier molecular flexibility index (Phi) is 7.23. The molecule has 3 rings (SSSR count).